The summed E-state index contributed by atoms with van der Waals surface area (Å²) in [5, 5.41) is 10.6. The summed E-state index contributed by atoms with van der Waals surface area (Å²) in [6, 6.07) is 5.99. The van der Waals surface area contributed by atoms with Gasteiger partial charge in [0.1, 0.15) is 6.54 Å². The van der Waals surface area contributed by atoms with Gasteiger partial charge in [-0.15, -0.1) is 10.2 Å². The van der Waals surface area contributed by atoms with Crippen LogP contribution in [0.1, 0.15) is 12.8 Å². The minimum Gasteiger partial charge on any atom is -0.468 e. The van der Waals surface area contributed by atoms with Gasteiger partial charge >= 0.3 is 5.97 Å². The Morgan fingerprint density at radius 1 is 1.20 bits per heavy atom. The van der Waals surface area contributed by atoms with Crippen LogP contribution >= 0.6 is 11.8 Å². The van der Waals surface area contributed by atoms with Gasteiger partial charge in [-0.1, -0.05) is 11.8 Å². The van der Waals surface area contributed by atoms with Gasteiger partial charge in [-0.2, -0.15) is 4.31 Å². The second kappa shape index (κ2) is 9.45. The molecule has 162 valence electrons. The molecule has 1 amide bonds. The van der Waals surface area contributed by atoms with Crippen LogP contribution in [0.15, 0.2) is 34.3 Å². The van der Waals surface area contributed by atoms with Crippen LogP contribution < -0.4 is 11.1 Å². The molecule has 2 heterocycles. The number of aromatic nitrogens is 3. The van der Waals surface area contributed by atoms with E-state index in [1.807, 2.05) is 0 Å². The van der Waals surface area contributed by atoms with E-state index in [2.05, 4.69) is 20.3 Å². The monoisotopic (exact) mass is 454 g/mol. The number of sulfonamides is 1. The number of carbonyl (C=O) groups excluding carboxylic acids is 2. The summed E-state index contributed by atoms with van der Waals surface area (Å²) in [6.45, 7) is 0.880. The Kier molecular flexibility index (Phi) is 6.95. The molecule has 0 atom stereocenters. The summed E-state index contributed by atoms with van der Waals surface area (Å²) >= 11 is 1.05. The fourth-order valence-corrected chi connectivity index (χ4v) is 5.16. The van der Waals surface area contributed by atoms with Crippen LogP contribution in [0.3, 0.4) is 0 Å². The fourth-order valence-electron chi connectivity index (χ4n) is 2.87. The Labute approximate surface area is 178 Å². The zero-order valence-corrected chi connectivity index (χ0v) is 17.9. The number of thioether (sulfide) groups is 1. The summed E-state index contributed by atoms with van der Waals surface area (Å²) in [5.74, 6) is -0.814. The average Bonchev–Trinajstić information content (AvgIpc) is 3.38. The maximum absolute atomic E-state index is 12.6. The Morgan fingerprint density at radius 2 is 1.87 bits per heavy atom. The predicted octanol–water partition coefficient (Wildman–Crippen LogP) is 0.549. The average molecular weight is 455 g/mol. The molecule has 0 aliphatic carbocycles. The maximum Gasteiger partial charge on any atom is 0.316 e. The number of hydrogen-bond acceptors (Lipinski definition) is 9. The van der Waals surface area contributed by atoms with Crippen LogP contribution in [0.2, 0.25) is 0 Å². The van der Waals surface area contributed by atoms with Crippen molar-refractivity contribution in [3.8, 4) is 0 Å². The molecule has 11 nitrogen and oxygen atoms in total. The first-order chi connectivity index (χ1) is 14.3. The number of esters is 1. The Balaban J connectivity index is 1.63. The lowest BCUT2D eigenvalue weighted by Crippen LogP contribution is -2.27. The second-order valence-corrected chi connectivity index (χ2v) is 9.36. The number of hydrogen-bond donors (Lipinski definition) is 2. The lowest BCUT2D eigenvalue weighted by Gasteiger charge is -2.15. The summed E-state index contributed by atoms with van der Waals surface area (Å²) in [7, 11) is -2.23. The lowest BCUT2D eigenvalue weighted by molar-refractivity contribution is -0.137. The number of carbonyl (C=O) groups is 2. The summed E-state index contributed by atoms with van der Waals surface area (Å²) in [6.07, 6.45) is 1.72. The summed E-state index contributed by atoms with van der Waals surface area (Å²) < 4.78 is 32.5. The summed E-state index contributed by atoms with van der Waals surface area (Å²) in [5.41, 5.74) is 6.20. The van der Waals surface area contributed by atoms with Gasteiger partial charge < -0.3 is 15.8 Å². The first-order valence-electron chi connectivity index (χ1n) is 9.09. The maximum atomic E-state index is 12.6. The molecule has 0 radical (unpaired) electrons. The summed E-state index contributed by atoms with van der Waals surface area (Å²) in [4.78, 5) is 23.9. The molecule has 1 aliphatic rings. The van der Waals surface area contributed by atoms with E-state index in [9.17, 15) is 18.0 Å². The normalized spacial score (nSPS) is 14.6. The molecule has 1 fully saturated rings. The Hall–Kier alpha value is -2.64. The third-order valence-corrected chi connectivity index (χ3v) is 7.29. The molecular formula is C17H22N6O5S2. The molecule has 0 unspecified atom stereocenters. The molecule has 30 heavy (non-hydrogen) atoms. The van der Waals surface area contributed by atoms with Gasteiger partial charge in [0.15, 0.2) is 5.16 Å². The standard InChI is InChI=1S/C17H22N6O5S2/c1-28-15(25)11-29-17-21-20-16(18)23(17)10-14(24)19-12-4-6-13(7-5-12)30(26,27)22-8-2-3-9-22/h4-7H,2-3,8-11H2,1H3,(H2,18,20)(H,19,24). The van der Waals surface area contributed by atoms with Crippen molar-refractivity contribution >= 4 is 45.3 Å². The highest BCUT2D eigenvalue weighted by Gasteiger charge is 2.27. The molecule has 3 N–H and O–H groups in total. The largest absolute Gasteiger partial charge is 0.468 e. The number of nitrogens with zero attached hydrogens (tertiary/aromatic N) is 4. The number of amides is 1. The molecule has 13 heteroatoms. The van der Waals surface area contributed by atoms with Gasteiger partial charge in [0.05, 0.1) is 17.8 Å². The zero-order chi connectivity index (χ0) is 21.7. The van der Waals surface area contributed by atoms with Crippen molar-refractivity contribution in [1.29, 1.82) is 0 Å². The van der Waals surface area contributed by atoms with E-state index in [1.165, 1.54) is 40.2 Å². The van der Waals surface area contributed by atoms with Crippen molar-refractivity contribution in [2.75, 3.05) is 37.0 Å². The van der Waals surface area contributed by atoms with Gasteiger partial charge in [-0.3, -0.25) is 14.2 Å². The predicted molar refractivity (Wildman–Crippen MR) is 110 cm³/mol. The number of anilines is 2. The number of rotatable bonds is 8. The van der Waals surface area contributed by atoms with E-state index in [1.54, 1.807) is 0 Å². The number of ether oxygens (including phenoxy) is 1. The van der Waals surface area contributed by atoms with E-state index < -0.39 is 21.9 Å². The smallest absolute Gasteiger partial charge is 0.316 e. The van der Waals surface area contributed by atoms with Crippen molar-refractivity contribution in [1.82, 2.24) is 19.1 Å². The number of benzene rings is 1. The highest BCUT2D eigenvalue weighted by atomic mass is 32.2. The quantitative estimate of drug-likeness (QED) is 0.430. The SMILES string of the molecule is COC(=O)CSc1nnc(N)n1CC(=O)Nc1ccc(S(=O)(=O)N2CCCC2)cc1. The van der Waals surface area contributed by atoms with Crippen LogP contribution in [0.5, 0.6) is 0 Å². The Bertz CT molecular complexity index is 1020. The van der Waals surface area contributed by atoms with Crippen molar-refractivity contribution in [3.05, 3.63) is 24.3 Å². The fraction of sp³-hybridized carbons (Fsp3) is 0.412. The minimum absolute atomic E-state index is 0.00318. The van der Waals surface area contributed by atoms with Crippen LogP contribution in [0.4, 0.5) is 11.6 Å². The van der Waals surface area contributed by atoms with Crippen molar-refractivity contribution in [2.24, 2.45) is 0 Å². The number of nitrogen functional groups attached to an aromatic ring is 1. The molecule has 1 aromatic carbocycles. The zero-order valence-electron chi connectivity index (χ0n) is 16.3. The van der Waals surface area contributed by atoms with Crippen LogP contribution in [-0.4, -0.2) is 65.3 Å². The van der Waals surface area contributed by atoms with Crippen LogP contribution in [0, 0.1) is 0 Å². The highest BCUT2D eigenvalue weighted by Crippen LogP contribution is 2.22. The Morgan fingerprint density at radius 3 is 2.50 bits per heavy atom. The van der Waals surface area contributed by atoms with Gasteiger partial charge in [0.2, 0.25) is 21.9 Å². The topological polar surface area (TPSA) is 150 Å². The minimum atomic E-state index is -3.51. The lowest BCUT2D eigenvalue weighted by atomic mass is 10.3. The third-order valence-electron chi connectivity index (χ3n) is 4.43. The van der Waals surface area contributed by atoms with Gasteiger partial charge in [-0.25, -0.2) is 8.42 Å². The number of methoxy groups -OCH3 is 1. The van der Waals surface area contributed by atoms with Gasteiger partial charge in [0.25, 0.3) is 0 Å². The molecule has 3 rings (SSSR count). The van der Waals surface area contributed by atoms with E-state index in [-0.39, 0.29) is 23.1 Å². The second-order valence-electron chi connectivity index (χ2n) is 6.48. The number of nitrogens with two attached hydrogens (primary N) is 1. The highest BCUT2D eigenvalue weighted by molar-refractivity contribution is 7.99. The van der Waals surface area contributed by atoms with Crippen molar-refractivity contribution in [3.63, 3.8) is 0 Å². The number of nitrogens with one attached hydrogen (secondary N) is 1. The van der Waals surface area contributed by atoms with Crippen LogP contribution in [0.25, 0.3) is 0 Å². The molecule has 0 saturated carbocycles. The molecule has 2 aromatic rings. The van der Waals surface area contributed by atoms with Crippen molar-refractivity contribution < 1.29 is 22.7 Å². The molecule has 1 saturated heterocycles. The molecule has 1 aliphatic heterocycles. The molecule has 0 spiro atoms. The molecular weight excluding hydrogens is 432 g/mol. The van der Waals surface area contributed by atoms with Gasteiger partial charge in [-0.05, 0) is 37.1 Å². The third kappa shape index (κ3) is 5.09. The van der Waals surface area contributed by atoms with E-state index in [4.69, 9.17) is 5.73 Å². The van der Waals surface area contributed by atoms with E-state index >= 15 is 0 Å². The first-order valence-corrected chi connectivity index (χ1v) is 11.5. The van der Waals surface area contributed by atoms with Crippen LogP contribution in [-0.2, 0) is 30.9 Å². The molecule has 1 aromatic heterocycles. The van der Waals surface area contributed by atoms with Gasteiger partial charge in [0, 0.05) is 18.8 Å². The van der Waals surface area contributed by atoms with Crippen molar-refractivity contribution in [2.45, 2.75) is 29.4 Å². The van der Waals surface area contributed by atoms with E-state index in [0.717, 1.165) is 24.6 Å². The van der Waals surface area contributed by atoms with E-state index in [0.29, 0.717) is 23.9 Å². The first kappa shape index (κ1) is 22.1. The molecule has 0 bridgehead atoms.